The van der Waals surface area contributed by atoms with Crippen LogP contribution in [0.4, 0.5) is 0 Å². The topological polar surface area (TPSA) is 17.8 Å². The standard InChI is InChI=1S/C12H15BrN2S/c1-8(2)15-11-4-3-9(13)7-10(11)14-12(15)5-6-16/h3-4,7-8,16H,5-6H2,1-2H3. The summed E-state index contributed by atoms with van der Waals surface area (Å²) in [6.07, 6.45) is 0.910. The van der Waals surface area contributed by atoms with Crippen LogP contribution in [0.1, 0.15) is 25.7 Å². The maximum atomic E-state index is 4.67. The molecule has 0 saturated heterocycles. The van der Waals surface area contributed by atoms with Gasteiger partial charge in [-0.2, -0.15) is 12.6 Å². The van der Waals surface area contributed by atoms with Gasteiger partial charge in [-0.1, -0.05) is 15.9 Å². The molecule has 0 aliphatic rings. The molecule has 0 aliphatic carbocycles. The number of rotatable bonds is 3. The van der Waals surface area contributed by atoms with Crippen molar-refractivity contribution in [1.82, 2.24) is 9.55 Å². The van der Waals surface area contributed by atoms with Crippen LogP contribution in [0.5, 0.6) is 0 Å². The van der Waals surface area contributed by atoms with E-state index in [0.717, 1.165) is 28.0 Å². The Balaban J connectivity index is 2.65. The minimum Gasteiger partial charge on any atom is -0.325 e. The maximum Gasteiger partial charge on any atom is 0.110 e. The van der Waals surface area contributed by atoms with Crippen molar-refractivity contribution < 1.29 is 0 Å². The summed E-state index contributed by atoms with van der Waals surface area (Å²) in [5.74, 6) is 1.95. The highest BCUT2D eigenvalue weighted by molar-refractivity contribution is 9.10. The van der Waals surface area contributed by atoms with Crippen LogP contribution in [0.3, 0.4) is 0 Å². The number of halogens is 1. The minimum absolute atomic E-state index is 0.432. The van der Waals surface area contributed by atoms with Crippen molar-refractivity contribution >= 4 is 39.6 Å². The van der Waals surface area contributed by atoms with E-state index in [-0.39, 0.29) is 0 Å². The van der Waals surface area contributed by atoms with Crippen molar-refractivity contribution in [2.75, 3.05) is 5.75 Å². The van der Waals surface area contributed by atoms with Crippen molar-refractivity contribution in [2.24, 2.45) is 0 Å². The van der Waals surface area contributed by atoms with Crippen molar-refractivity contribution in [1.29, 1.82) is 0 Å². The quantitative estimate of drug-likeness (QED) is 0.852. The van der Waals surface area contributed by atoms with Crippen molar-refractivity contribution in [3.05, 3.63) is 28.5 Å². The van der Waals surface area contributed by atoms with Gasteiger partial charge in [-0.05, 0) is 37.8 Å². The van der Waals surface area contributed by atoms with Crippen LogP contribution in [0.2, 0.25) is 0 Å². The van der Waals surface area contributed by atoms with E-state index in [1.807, 2.05) is 0 Å². The van der Waals surface area contributed by atoms with Crippen LogP contribution in [0.15, 0.2) is 22.7 Å². The van der Waals surface area contributed by atoms with Crippen molar-refractivity contribution in [3.63, 3.8) is 0 Å². The van der Waals surface area contributed by atoms with Crippen LogP contribution in [-0.4, -0.2) is 15.3 Å². The van der Waals surface area contributed by atoms with Crippen LogP contribution in [-0.2, 0) is 6.42 Å². The first-order chi connectivity index (χ1) is 7.63. The predicted molar refractivity (Wildman–Crippen MR) is 75.4 cm³/mol. The Morgan fingerprint density at radius 1 is 1.44 bits per heavy atom. The van der Waals surface area contributed by atoms with Gasteiger partial charge in [-0.3, -0.25) is 0 Å². The monoisotopic (exact) mass is 298 g/mol. The highest BCUT2D eigenvalue weighted by atomic mass is 79.9. The van der Waals surface area contributed by atoms with Crippen LogP contribution >= 0.6 is 28.6 Å². The normalized spacial score (nSPS) is 11.6. The summed E-state index contributed by atoms with van der Waals surface area (Å²) in [6.45, 7) is 4.37. The molecule has 4 heteroatoms. The fourth-order valence-electron chi connectivity index (χ4n) is 1.97. The second kappa shape index (κ2) is 4.80. The van der Waals surface area contributed by atoms with Crippen molar-refractivity contribution in [2.45, 2.75) is 26.3 Å². The van der Waals surface area contributed by atoms with E-state index in [4.69, 9.17) is 0 Å². The van der Waals surface area contributed by atoms with Gasteiger partial charge < -0.3 is 4.57 Å². The molecule has 2 nitrogen and oxygen atoms in total. The van der Waals surface area contributed by atoms with Gasteiger partial charge in [0.25, 0.3) is 0 Å². The zero-order chi connectivity index (χ0) is 11.7. The first-order valence-electron chi connectivity index (χ1n) is 5.40. The molecule has 0 radical (unpaired) electrons. The number of benzene rings is 1. The lowest BCUT2D eigenvalue weighted by molar-refractivity contribution is 0.589. The molecule has 0 fully saturated rings. The lowest BCUT2D eigenvalue weighted by Crippen LogP contribution is -2.06. The molecule has 0 bridgehead atoms. The Bertz CT molecular complexity index is 505. The third-order valence-corrected chi connectivity index (χ3v) is 3.29. The van der Waals surface area contributed by atoms with Gasteiger partial charge in [0.1, 0.15) is 5.82 Å². The summed E-state index contributed by atoms with van der Waals surface area (Å²) in [6, 6.07) is 6.68. The van der Waals surface area contributed by atoms with Gasteiger partial charge in [-0.25, -0.2) is 4.98 Å². The Morgan fingerprint density at radius 2 is 2.19 bits per heavy atom. The van der Waals surface area contributed by atoms with E-state index in [1.165, 1.54) is 5.52 Å². The second-order valence-corrected chi connectivity index (χ2v) is 5.46. The average Bonchev–Trinajstić information content (AvgIpc) is 2.55. The summed E-state index contributed by atoms with van der Waals surface area (Å²) < 4.78 is 3.36. The molecule has 1 aromatic carbocycles. The maximum absolute atomic E-state index is 4.67. The Morgan fingerprint density at radius 3 is 2.81 bits per heavy atom. The first kappa shape index (κ1) is 12.0. The van der Waals surface area contributed by atoms with Gasteiger partial charge in [0.2, 0.25) is 0 Å². The van der Waals surface area contributed by atoms with Gasteiger partial charge in [0.15, 0.2) is 0 Å². The fourth-order valence-corrected chi connectivity index (χ4v) is 2.52. The van der Waals surface area contributed by atoms with E-state index in [9.17, 15) is 0 Å². The molecule has 0 aliphatic heterocycles. The van der Waals surface area contributed by atoms with Crippen LogP contribution in [0.25, 0.3) is 11.0 Å². The summed E-state index contributed by atoms with van der Waals surface area (Å²) in [7, 11) is 0. The lowest BCUT2D eigenvalue weighted by atomic mass is 10.3. The zero-order valence-corrected chi connectivity index (χ0v) is 11.9. The Kier molecular flexibility index (Phi) is 3.60. The second-order valence-electron chi connectivity index (χ2n) is 4.10. The number of hydrogen-bond donors (Lipinski definition) is 1. The predicted octanol–water partition coefficient (Wildman–Crippen LogP) is 3.85. The molecular formula is C12H15BrN2S. The van der Waals surface area contributed by atoms with Gasteiger partial charge in [0.05, 0.1) is 11.0 Å². The lowest BCUT2D eigenvalue weighted by Gasteiger charge is -2.12. The molecule has 0 unspecified atom stereocenters. The molecular weight excluding hydrogens is 284 g/mol. The van der Waals surface area contributed by atoms with E-state index in [1.54, 1.807) is 0 Å². The molecule has 2 rings (SSSR count). The SMILES string of the molecule is CC(C)n1c(CCS)nc2cc(Br)ccc21. The largest absolute Gasteiger partial charge is 0.325 e. The summed E-state index contributed by atoms with van der Waals surface area (Å²) in [5, 5.41) is 0. The number of aromatic nitrogens is 2. The molecule has 16 heavy (non-hydrogen) atoms. The molecule has 0 saturated carbocycles. The molecule has 0 spiro atoms. The Hall–Kier alpha value is -0.480. The fraction of sp³-hybridized carbons (Fsp3) is 0.417. The summed E-state index contributed by atoms with van der Waals surface area (Å²) in [4.78, 5) is 4.67. The first-order valence-corrected chi connectivity index (χ1v) is 6.83. The van der Waals surface area contributed by atoms with Crippen LogP contribution in [0, 0.1) is 0 Å². The molecule has 86 valence electrons. The van der Waals surface area contributed by atoms with Gasteiger partial charge >= 0.3 is 0 Å². The number of fused-ring (bicyclic) bond motifs is 1. The minimum atomic E-state index is 0.432. The molecule has 1 heterocycles. The number of aryl methyl sites for hydroxylation is 1. The zero-order valence-electron chi connectivity index (χ0n) is 9.44. The van der Waals surface area contributed by atoms with Gasteiger partial charge in [0, 0.05) is 16.9 Å². The third kappa shape index (κ3) is 2.13. The highest BCUT2D eigenvalue weighted by Crippen LogP contribution is 2.24. The van der Waals surface area contributed by atoms with Gasteiger partial charge in [-0.15, -0.1) is 0 Å². The highest BCUT2D eigenvalue weighted by Gasteiger charge is 2.12. The third-order valence-electron chi connectivity index (χ3n) is 2.58. The number of hydrogen-bond acceptors (Lipinski definition) is 2. The number of thiol groups is 1. The molecule has 0 amide bonds. The summed E-state index contributed by atoms with van der Waals surface area (Å²) >= 11 is 7.76. The number of imidazole rings is 1. The number of nitrogens with zero attached hydrogens (tertiary/aromatic N) is 2. The Labute approximate surface area is 110 Å². The smallest absolute Gasteiger partial charge is 0.110 e. The molecule has 0 atom stereocenters. The van der Waals surface area contributed by atoms with Crippen LogP contribution < -0.4 is 0 Å². The molecule has 2 aromatic rings. The summed E-state index contributed by atoms with van der Waals surface area (Å²) in [5.41, 5.74) is 2.26. The van der Waals surface area contributed by atoms with E-state index in [0.29, 0.717) is 6.04 Å². The average molecular weight is 299 g/mol. The van der Waals surface area contributed by atoms with E-state index < -0.39 is 0 Å². The molecule has 0 N–H and O–H groups in total. The molecule has 1 aromatic heterocycles. The van der Waals surface area contributed by atoms with E-state index in [2.05, 4.69) is 70.2 Å². The van der Waals surface area contributed by atoms with E-state index >= 15 is 0 Å². The van der Waals surface area contributed by atoms with Crippen molar-refractivity contribution in [3.8, 4) is 0 Å².